The van der Waals surface area contributed by atoms with Crippen LogP contribution in [0.1, 0.15) is 25.1 Å². The summed E-state index contributed by atoms with van der Waals surface area (Å²) in [6.07, 6.45) is 6.51. The van der Waals surface area contributed by atoms with Gasteiger partial charge in [0.15, 0.2) is 6.29 Å². The van der Waals surface area contributed by atoms with Gasteiger partial charge in [0.25, 0.3) is 0 Å². The maximum atomic E-state index is 5.45. The zero-order valence-electron chi connectivity index (χ0n) is 9.06. The number of aromatic nitrogens is 2. The Labute approximate surface area is 95.0 Å². The lowest BCUT2D eigenvalue weighted by Crippen LogP contribution is -2.22. The normalized spacial score (nSPS) is 19.9. The van der Waals surface area contributed by atoms with E-state index in [1.54, 1.807) is 18.5 Å². The Morgan fingerprint density at radius 3 is 3.00 bits per heavy atom. The SMILES string of the molecule is C(#Cc1ncccn1)COC1CCCCO1. The standard InChI is InChI=1S/C12H14N2O2/c1-2-9-15-12(6-1)16-10-3-5-11-13-7-4-8-14-11/h4,7-8,12H,1-2,6,9-10H2. The van der Waals surface area contributed by atoms with E-state index >= 15 is 0 Å². The summed E-state index contributed by atoms with van der Waals surface area (Å²) >= 11 is 0. The van der Waals surface area contributed by atoms with Gasteiger partial charge in [0.05, 0.1) is 0 Å². The molecule has 1 aliphatic rings. The first-order valence-corrected chi connectivity index (χ1v) is 5.44. The molecular weight excluding hydrogens is 204 g/mol. The highest BCUT2D eigenvalue weighted by Gasteiger charge is 2.12. The van der Waals surface area contributed by atoms with Gasteiger partial charge in [-0.05, 0) is 31.2 Å². The van der Waals surface area contributed by atoms with Gasteiger partial charge in [0.1, 0.15) is 6.61 Å². The number of ether oxygens (including phenoxy) is 2. The molecule has 2 heterocycles. The van der Waals surface area contributed by atoms with E-state index in [4.69, 9.17) is 9.47 Å². The van der Waals surface area contributed by atoms with Crippen LogP contribution in [0.5, 0.6) is 0 Å². The van der Waals surface area contributed by atoms with Crippen LogP contribution in [-0.4, -0.2) is 29.5 Å². The quantitative estimate of drug-likeness (QED) is 0.703. The van der Waals surface area contributed by atoms with E-state index in [0.29, 0.717) is 12.4 Å². The van der Waals surface area contributed by atoms with Gasteiger partial charge in [0, 0.05) is 19.0 Å². The molecule has 0 bridgehead atoms. The second-order valence-corrected chi connectivity index (χ2v) is 3.48. The summed E-state index contributed by atoms with van der Waals surface area (Å²) in [5.41, 5.74) is 0. The highest BCUT2D eigenvalue weighted by atomic mass is 16.7. The fraction of sp³-hybridized carbons (Fsp3) is 0.500. The Balaban J connectivity index is 1.73. The van der Waals surface area contributed by atoms with Crippen molar-refractivity contribution in [2.24, 2.45) is 0 Å². The third kappa shape index (κ3) is 3.61. The first-order chi connectivity index (χ1) is 7.95. The van der Waals surface area contributed by atoms with Crippen LogP contribution in [0.2, 0.25) is 0 Å². The Kier molecular flexibility index (Phi) is 4.29. The van der Waals surface area contributed by atoms with Gasteiger partial charge in [-0.15, -0.1) is 0 Å². The molecule has 1 fully saturated rings. The van der Waals surface area contributed by atoms with Gasteiger partial charge >= 0.3 is 0 Å². The van der Waals surface area contributed by atoms with Crippen molar-refractivity contribution in [3.8, 4) is 11.8 Å². The zero-order valence-corrected chi connectivity index (χ0v) is 9.06. The lowest BCUT2D eigenvalue weighted by Gasteiger charge is -2.21. The van der Waals surface area contributed by atoms with E-state index < -0.39 is 0 Å². The molecule has 1 aromatic rings. The van der Waals surface area contributed by atoms with E-state index in [-0.39, 0.29) is 6.29 Å². The molecule has 2 rings (SSSR count). The third-order valence-corrected chi connectivity index (χ3v) is 2.25. The number of hydrogen-bond donors (Lipinski definition) is 0. The molecule has 0 spiro atoms. The Morgan fingerprint density at radius 1 is 1.38 bits per heavy atom. The minimum absolute atomic E-state index is 0.0836. The predicted molar refractivity (Wildman–Crippen MR) is 58.5 cm³/mol. The summed E-state index contributed by atoms with van der Waals surface area (Å²) in [6.45, 7) is 1.16. The monoisotopic (exact) mass is 218 g/mol. The first-order valence-electron chi connectivity index (χ1n) is 5.44. The van der Waals surface area contributed by atoms with Crippen molar-refractivity contribution in [1.29, 1.82) is 0 Å². The van der Waals surface area contributed by atoms with Gasteiger partial charge in [-0.1, -0.05) is 5.92 Å². The highest BCUT2D eigenvalue weighted by molar-refractivity contribution is 5.19. The second kappa shape index (κ2) is 6.21. The van der Waals surface area contributed by atoms with Gasteiger partial charge < -0.3 is 9.47 Å². The van der Waals surface area contributed by atoms with Crippen molar-refractivity contribution in [2.45, 2.75) is 25.6 Å². The molecule has 1 saturated heterocycles. The molecule has 0 aromatic carbocycles. The van der Waals surface area contributed by atoms with E-state index in [1.165, 1.54) is 6.42 Å². The lowest BCUT2D eigenvalue weighted by molar-refractivity contribution is -0.154. The number of nitrogens with zero attached hydrogens (tertiary/aromatic N) is 2. The van der Waals surface area contributed by atoms with Crippen molar-refractivity contribution < 1.29 is 9.47 Å². The summed E-state index contributed by atoms with van der Waals surface area (Å²) in [5, 5.41) is 0. The molecular formula is C12H14N2O2. The second-order valence-electron chi connectivity index (χ2n) is 3.48. The van der Waals surface area contributed by atoms with Crippen LogP contribution in [0.4, 0.5) is 0 Å². The minimum Gasteiger partial charge on any atom is -0.353 e. The summed E-state index contributed by atoms with van der Waals surface area (Å²) < 4.78 is 10.9. The Morgan fingerprint density at radius 2 is 2.25 bits per heavy atom. The fourth-order valence-electron chi connectivity index (χ4n) is 1.46. The molecule has 1 aromatic heterocycles. The fourth-order valence-corrected chi connectivity index (χ4v) is 1.46. The van der Waals surface area contributed by atoms with Crippen molar-refractivity contribution in [3.63, 3.8) is 0 Å². The van der Waals surface area contributed by atoms with Gasteiger partial charge in [-0.2, -0.15) is 0 Å². The van der Waals surface area contributed by atoms with Crippen LogP contribution >= 0.6 is 0 Å². The maximum Gasteiger partial charge on any atom is 0.204 e. The minimum atomic E-state index is -0.0836. The topological polar surface area (TPSA) is 44.2 Å². The summed E-state index contributed by atoms with van der Waals surface area (Å²) in [5.74, 6) is 6.23. The molecule has 1 unspecified atom stereocenters. The summed E-state index contributed by atoms with van der Waals surface area (Å²) in [6, 6.07) is 1.76. The molecule has 1 atom stereocenters. The van der Waals surface area contributed by atoms with Crippen molar-refractivity contribution in [2.75, 3.05) is 13.2 Å². The lowest BCUT2D eigenvalue weighted by atomic mass is 10.2. The summed E-state index contributed by atoms with van der Waals surface area (Å²) in [4.78, 5) is 7.98. The molecule has 0 amide bonds. The van der Waals surface area contributed by atoms with Crippen molar-refractivity contribution in [3.05, 3.63) is 24.3 Å². The van der Waals surface area contributed by atoms with Gasteiger partial charge in [-0.3, -0.25) is 0 Å². The van der Waals surface area contributed by atoms with Crippen molar-refractivity contribution in [1.82, 2.24) is 9.97 Å². The first kappa shape index (κ1) is 11.1. The largest absolute Gasteiger partial charge is 0.353 e. The van der Waals surface area contributed by atoms with E-state index in [9.17, 15) is 0 Å². The smallest absolute Gasteiger partial charge is 0.204 e. The van der Waals surface area contributed by atoms with Crippen LogP contribution in [0.3, 0.4) is 0 Å². The predicted octanol–water partition coefficient (Wildman–Crippen LogP) is 1.37. The van der Waals surface area contributed by atoms with Crippen LogP contribution in [-0.2, 0) is 9.47 Å². The highest BCUT2D eigenvalue weighted by Crippen LogP contribution is 2.12. The van der Waals surface area contributed by atoms with Crippen LogP contribution in [0.25, 0.3) is 0 Å². The van der Waals surface area contributed by atoms with Gasteiger partial charge in [0.2, 0.25) is 5.82 Å². The van der Waals surface area contributed by atoms with Gasteiger partial charge in [-0.25, -0.2) is 9.97 Å². The number of rotatable bonds is 2. The van der Waals surface area contributed by atoms with Crippen LogP contribution in [0.15, 0.2) is 18.5 Å². The van der Waals surface area contributed by atoms with Crippen LogP contribution in [0, 0.1) is 11.8 Å². The molecule has 4 nitrogen and oxygen atoms in total. The molecule has 0 saturated carbocycles. The molecule has 0 aliphatic carbocycles. The van der Waals surface area contributed by atoms with Crippen molar-refractivity contribution >= 4 is 0 Å². The van der Waals surface area contributed by atoms with E-state index in [0.717, 1.165) is 19.4 Å². The summed E-state index contributed by atoms with van der Waals surface area (Å²) in [7, 11) is 0. The average molecular weight is 218 g/mol. The third-order valence-electron chi connectivity index (χ3n) is 2.25. The molecule has 4 heteroatoms. The molecule has 84 valence electrons. The van der Waals surface area contributed by atoms with E-state index in [1.807, 2.05) is 0 Å². The molecule has 16 heavy (non-hydrogen) atoms. The Hall–Kier alpha value is -1.44. The number of hydrogen-bond acceptors (Lipinski definition) is 4. The molecule has 0 radical (unpaired) electrons. The molecule has 1 aliphatic heterocycles. The maximum absolute atomic E-state index is 5.45. The van der Waals surface area contributed by atoms with E-state index in [2.05, 4.69) is 21.8 Å². The molecule has 0 N–H and O–H groups in total. The average Bonchev–Trinajstić information content (AvgIpc) is 2.37. The van der Waals surface area contributed by atoms with Crippen LogP contribution < -0.4 is 0 Å². The zero-order chi connectivity index (χ0) is 11.1. The Bertz CT molecular complexity index is 364.